The second kappa shape index (κ2) is 6.54. The van der Waals surface area contributed by atoms with Gasteiger partial charge in [0.2, 0.25) is 15.9 Å². The van der Waals surface area contributed by atoms with Gasteiger partial charge < -0.3 is 10.2 Å². The molecule has 0 aromatic heterocycles. The molecule has 0 spiro atoms. The maximum Gasteiger partial charge on any atom is 0.243 e. The van der Waals surface area contributed by atoms with Crippen molar-refractivity contribution in [2.24, 2.45) is 0 Å². The molecule has 1 fully saturated rings. The van der Waals surface area contributed by atoms with E-state index in [1.165, 1.54) is 23.4 Å². The molecule has 1 N–H and O–H groups in total. The van der Waals surface area contributed by atoms with Crippen LogP contribution < -0.4 is 5.32 Å². The van der Waals surface area contributed by atoms with E-state index in [-0.39, 0.29) is 22.7 Å². The summed E-state index contributed by atoms with van der Waals surface area (Å²) in [6.45, 7) is 3.53. The van der Waals surface area contributed by atoms with Crippen molar-refractivity contribution in [3.8, 4) is 0 Å². The minimum atomic E-state index is -3.74. The maximum absolute atomic E-state index is 13.7. The standard InChI is InChI=1S/C15H22FN3O3S/c1-10-15(18(3)4)7-8-19(10)23(21,22)12-5-6-13(16)14(9-12)17-11(2)20/h5-6,9-10,15H,7-8H2,1-4H3,(H,17,20)/t10-,15+/m0/s1. The normalized spacial score (nSPS) is 22.5. The largest absolute Gasteiger partial charge is 0.324 e. The van der Waals surface area contributed by atoms with Crippen molar-refractivity contribution in [3.63, 3.8) is 0 Å². The molecule has 0 aliphatic carbocycles. The molecule has 1 aliphatic rings. The Kier molecular flexibility index (Phi) is 5.07. The Morgan fingerprint density at radius 2 is 2.04 bits per heavy atom. The van der Waals surface area contributed by atoms with Crippen LogP contribution in [-0.4, -0.2) is 56.3 Å². The fraction of sp³-hybridized carbons (Fsp3) is 0.533. The van der Waals surface area contributed by atoms with Gasteiger partial charge in [-0.15, -0.1) is 0 Å². The lowest BCUT2D eigenvalue weighted by Gasteiger charge is -2.28. The molecular weight excluding hydrogens is 321 g/mol. The van der Waals surface area contributed by atoms with E-state index >= 15 is 0 Å². The molecule has 8 heteroatoms. The summed E-state index contributed by atoms with van der Waals surface area (Å²) < 4.78 is 40.8. The first kappa shape index (κ1) is 17.8. The Balaban J connectivity index is 2.35. The first-order valence-electron chi connectivity index (χ1n) is 7.40. The molecule has 0 bridgehead atoms. The van der Waals surface area contributed by atoms with Gasteiger partial charge >= 0.3 is 0 Å². The minimum absolute atomic E-state index is 0.0195. The number of carbonyl (C=O) groups excluding carboxylic acids is 1. The van der Waals surface area contributed by atoms with Gasteiger partial charge in [0.05, 0.1) is 10.6 Å². The van der Waals surface area contributed by atoms with Crippen LogP contribution in [0.15, 0.2) is 23.1 Å². The van der Waals surface area contributed by atoms with Crippen LogP contribution in [-0.2, 0) is 14.8 Å². The van der Waals surface area contributed by atoms with Crippen molar-refractivity contribution in [2.45, 2.75) is 37.2 Å². The highest BCUT2D eigenvalue weighted by Gasteiger charge is 2.39. The van der Waals surface area contributed by atoms with E-state index < -0.39 is 21.7 Å². The highest BCUT2D eigenvalue weighted by atomic mass is 32.2. The molecule has 0 unspecified atom stereocenters. The Morgan fingerprint density at radius 3 is 2.57 bits per heavy atom. The average molecular weight is 343 g/mol. The summed E-state index contributed by atoms with van der Waals surface area (Å²) in [5.41, 5.74) is -0.130. The molecular formula is C15H22FN3O3S. The van der Waals surface area contributed by atoms with E-state index in [1.54, 1.807) is 0 Å². The number of hydrogen-bond donors (Lipinski definition) is 1. The summed E-state index contributed by atoms with van der Waals surface area (Å²) in [6, 6.07) is 3.42. The summed E-state index contributed by atoms with van der Waals surface area (Å²) in [7, 11) is 0.101. The number of amides is 1. The predicted octanol–water partition coefficient (Wildman–Crippen LogP) is 1.50. The van der Waals surface area contributed by atoms with Gasteiger partial charge in [-0.3, -0.25) is 4.79 Å². The van der Waals surface area contributed by atoms with E-state index in [9.17, 15) is 17.6 Å². The second-order valence-corrected chi connectivity index (χ2v) is 7.89. The second-order valence-electron chi connectivity index (χ2n) is 6.00. The van der Waals surface area contributed by atoms with E-state index in [0.29, 0.717) is 6.54 Å². The number of carbonyl (C=O) groups is 1. The van der Waals surface area contributed by atoms with Crippen LogP contribution in [0.3, 0.4) is 0 Å². The van der Waals surface area contributed by atoms with Gasteiger partial charge in [0.15, 0.2) is 0 Å². The monoisotopic (exact) mass is 343 g/mol. The highest BCUT2D eigenvalue weighted by molar-refractivity contribution is 7.89. The summed E-state index contributed by atoms with van der Waals surface area (Å²) in [5.74, 6) is -1.12. The molecule has 6 nitrogen and oxygen atoms in total. The number of sulfonamides is 1. The van der Waals surface area contributed by atoms with Crippen LogP contribution in [0.25, 0.3) is 0 Å². The topological polar surface area (TPSA) is 69.7 Å². The molecule has 1 aliphatic heterocycles. The molecule has 1 aromatic carbocycles. The van der Waals surface area contributed by atoms with Crippen LogP contribution in [0.2, 0.25) is 0 Å². The lowest BCUT2D eigenvalue weighted by Crippen LogP contribution is -2.42. The number of nitrogens with zero attached hydrogens (tertiary/aromatic N) is 2. The summed E-state index contributed by atoms with van der Waals surface area (Å²) in [4.78, 5) is 13.1. The average Bonchev–Trinajstić information content (AvgIpc) is 2.83. The Bertz CT molecular complexity index is 706. The van der Waals surface area contributed by atoms with Gasteiger partial charge in [0.25, 0.3) is 0 Å². The lowest BCUT2D eigenvalue weighted by molar-refractivity contribution is -0.114. The fourth-order valence-electron chi connectivity index (χ4n) is 3.01. The minimum Gasteiger partial charge on any atom is -0.324 e. The van der Waals surface area contributed by atoms with Crippen molar-refractivity contribution < 1.29 is 17.6 Å². The SMILES string of the molecule is CC(=O)Nc1cc(S(=O)(=O)N2CC[C@@H](N(C)C)[C@@H]2C)ccc1F. The van der Waals surface area contributed by atoms with E-state index in [2.05, 4.69) is 5.32 Å². The zero-order chi connectivity index (χ0) is 17.4. The predicted molar refractivity (Wildman–Crippen MR) is 86.1 cm³/mol. The number of likely N-dealkylation sites (N-methyl/N-ethyl adjacent to an activating group) is 1. The molecule has 1 heterocycles. The Hall–Kier alpha value is -1.51. The van der Waals surface area contributed by atoms with E-state index in [1.807, 2.05) is 25.9 Å². The van der Waals surface area contributed by atoms with Gasteiger partial charge in [-0.2, -0.15) is 4.31 Å². The molecule has 1 aromatic rings. The zero-order valence-electron chi connectivity index (χ0n) is 13.7. The van der Waals surface area contributed by atoms with Gasteiger partial charge in [0, 0.05) is 25.6 Å². The van der Waals surface area contributed by atoms with Gasteiger partial charge in [0.1, 0.15) is 5.82 Å². The third-order valence-electron chi connectivity index (χ3n) is 4.17. The molecule has 2 atom stereocenters. The molecule has 128 valence electrons. The van der Waals surface area contributed by atoms with Crippen LogP contribution in [0, 0.1) is 5.82 Å². The van der Waals surface area contributed by atoms with Crippen molar-refractivity contribution in [3.05, 3.63) is 24.0 Å². The highest BCUT2D eigenvalue weighted by Crippen LogP contribution is 2.29. The quantitative estimate of drug-likeness (QED) is 0.899. The molecule has 0 radical (unpaired) electrons. The Labute approximate surface area is 136 Å². The lowest BCUT2D eigenvalue weighted by atomic mass is 10.1. The maximum atomic E-state index is 13.7. The molecule has 23 heavy (non-hydrogen) atoms. The molecule has 1 amide bonds. The first-order valence-corrected chi connectivity index (χ1v) is 8.84. The number of anilines is 1. The number of hydrogen-bond acceptors (Lipinski definition) is 4. The van der Waals surface area contributed by atoms with Gasteiger partial charge in [-0.1, -0.05) is 0 Å². The third kappa shape index (κ3) is 3.54. The van der Waals surface area contributed by atoms with E-state index in [4.69, 9.17) is 0 Å². The van der Waals surface area contributed by atoms with Crippen LogP contribution in [0.4, 0.5) is 10.1 Å². The first-order chi connectivity index (χ1) is 10.6. The molecule has 0 saturated carbocycles. The molecule has 1 saturated heterocycles. The number of halogens is 1. The van der Waals surface area contributed by atoms with Gasteiger partial charge in [-0.25, -0.2) is 12.8 Å². The number of rotatable bonds is 4. The summed E-state index contributed by atoms with van der Waals surface area (Å²) >= 11 is 0. The van der Waals surface area contributed by atoms with Crippen LogP contribution >= 0.6 is 0 Å². The number of nitrogens with one attached hydrogen (secondary N) is 1. The van der Waals surface area contributed by atoms with Crippen LogP contribution in [0.5, 0.6) is 0 Å². The fourth-order valence-corrected chi connectivity index (χ4v) is 4.71. The van der Waals surface area contributed by atoms with Crippen molar-refractivity contribution in [1.29, 1.82) is 0 Å². The smallest absolute Gasteiger partial charge is 0.243 e. The summed E-state index contributed by atoms with van der Waals surface area (Å²) in [6.07, 6.45) is 0.743. The van der Waals surface area contributed by atoms with Crippen molar-refractivity contribution in [1.82, 2.24) is 9.21 Å². The summed E-state index contributed by atoms with van der Waals surface area (Å²) in [5, 5.41) is 2.31. The van der Waals surface area contributed by atoms with Crippen molar-refractivity contribution in [2.75, 3.05) is 26.0 Å². The van der Waals surface area contributed by atoms with Crippen LogP contribution in [0.1, 0.15) is 20.3 Å². The van der Waals surface area contributed by atoms with Gasteiger partial charge in [-0.05, 0) is 45.6 Å². The third-order valence-corrected chi connectivity index (χ3v) is 6.16. The number of benzene rings is 1. The Morgan fingerprint density at radius 1 is 1.39 bits per heavy atom. The molecule has 2 rings (SSSR count). The van der Waals surface area contributed by atoms with E-state index in [0.717, 1.165) is 12.5 Å². The zero-order valence-corrected chi connectivity index (χ0v) is 14.5. The van der Waals surface area contributed by atoms with Crippen molar-refractivity contribution >= 4 is 21.6 Å².